The molecule has 0 aromatic heterocycles. The zero-order chi connectivity index (χ0) is 19.0. The number of sulfone groups is 1. The van der Waals surface area contributed by atoms with Crippen LogP contribution in [0.5, 0.6) is 0 Å². The summed E-state index contributed by atoms with van der Waals surface area (Å²) in [5.74, 6) is 0.758. The molecule has 2 N–H and O–H groups in total. The van der Waals surface area contributed by atoms with Gasteiger partial charge in [0.25, 0.3) is 0 Å². The van der Waals surface area contributed by atoms with Gasteiger partial charge in [-0.25, -0.2) is 13.4 Å². The molecule has 148 valence electrons. The van der Waals surface area contributed by atoms with Gasteiger partial charge in [0, 0.05) is 19.3 Å². The van der Waals surface area contributed by atoms with Crippen molar-refractivity contribution in [1.29, 1.82) is 0 Å². The summed E-state index contributed by atoms with van der Waals surface area (Å²) < 4.78 is 23.4. The van der Waals surface area contributed by atoms with E-state index in [9.17, 15) is 8.42 Å². The molecule has 0 radical (unpaired) electrons. The minimum atomic E-state index is -3.19. The van der Waals surface area contributed by atoms with Crippen LogP contribution >= 0.6 is 24.0 Å². The zero-order valence-corrected chi connectivity index (χ0v) is 19.2. The highest BCUT2D eigenvalue weighted by molar-refractivity contribution is 14.0. The second-order valence-corrected chi connectivity index (χ2v) is 8.21. The SMILES string of the molecule is CCNC(=NCc1ccc(S(C)(=O)=O)c(C)c1)NCCc1ccccc1.I. The van der Waals surface area contributed by atoms with E-state index < -0.39 is 9.84 Å². The molecular formula is C20H28IN3O2S. The summed E-state index contributed by atoms with van der Waals surface area (Å²) in [7, 11) is -3.19. The predicted octanol–water partition coefficient (Wildman–Crippen LogP) is 3.31. The van der Waals surface area contributed by atoms with Crippen LogP contribution in [0.4, 0.5) is 0 Å². The first-order valence-electron chi connectivity index (χ1n) is 8.76. The summed E-state index contributed by atoms with van der Waals surface area (Å²) in [6, 6.07) is 15.7. The van der Waals surface area contributed by atoms with E-state index in [-0.39, 0.29) is 24.0 Å². The van der Waals surface area contributed by atoms with Crippen LogP contribution in [0.3, 0.4) is 0 Å². The van der Waals surface area contributed by atoms with Crippen molar-refractivity contribution in [1.82, 2.24) is 10.6 Å². The Morgan fingerprint density at radius 1 is 1.04 bits per heavy atom. The van der Waals surface area contributed by atoms with Gasteiger partial charge >= 0.3 is 0 Å². The first kappa shape index (κ1) is 23.4. The molecule has 0 aliphatic heterocycles. The number of hydrogen-bond donors (Lipinski definition) is 2. The first-order valence-corrected chi connectivity index (χ1v) is 10.6. The molecule has 2 aromatic carbocycles. The highest BCUT2D eigenvalue weighted by Gasteiger charge is 2.10. The molecule has 0 aliphatic rings. The number of aryl methyl sites for hydroxylation is 1. The Morgan fingerprint density at radius 3 is 2.33 bits per heavy atom. The Kier molecular flexibility index (Phi) is 9.79. The molecule has 0 atom stereocenters. The Hall–Kier alpha value is -1.61. The van der Waals surface area contributed by atoms with Crippen molar-refractivity contribution in [3.63, 3.8) is 0 Å². The average molecular weight is 501 g/mol. The fraction of sp³-hybridized carbons (Fsp3) is 0.350. The second kappa shape index (κ2) is 11.3. The number of hydrogen-bond acceptors (Lipinski definition) is 3. The smallest absolute Gasteiger partial charge is 0.191 e. The van der Waals surface area contributed by atoms with Gasteiger partial charge in [-0.3, -0.25) is 0 Å². The number of rotatable bonds is 7. The molecule has 0 saturated heterocycles. The van der Waals surface area contributed by atoms with Crippen molar-refractivity contribution >= 4 is 39.8 Å². The highest BCUT2D eigenvalue weighted by Crippen LogP contribution is 2.17. The van der Waals surface area contributed by atoms with Crippen molar-refractivity contribution in [3.8, 4) is 0 Å². The van der Waals surface area contributed by atoms with Gasteiger partial charge in [-0.05, 0) is 43.0 Å². The number of aliphatic imine (C=N–C) groups is 1. The largest absolute Gasteiger partial charge is 0.357 e. The van der Waals surface area contributed by atoms with Gasteiger partial charge in [-0.1, -0.05) is 42.5 Å². The lowest BCUT2D eigenvalue weighted by atomic mass is 10.1. The maximum Gasteiger partial charge on any atom is 0.191 e. The molecule has 0 unspecified atom stereocenters. The van der Waals surface area contributed by atoms with Gasteiger partial charge in [-0.2, -0.15) is 0 Å². The highest BCUT2D eigenvalue weighted by atomic mass is 127. The predicted molar refractivity (Wildman–Crippen MR) is 123 cm³/mol. The third-order valence-corrected chi connectivity index (χ3v) is 5.21. The Balaban J connectivity index is 0.00000364. The number of guanidine groups is 1. The Bertz CT molecular complexity index is 853. The molecule has 0 heterocycles. The first-order chi connectivity index (χ1) is 12.4. The minimum Gasteiger partial charge on any atom is -0.357 e. The molecule has 5 nitrogen and oxygen atoms in total. The summed E-state index contributed by atoms with van der Waals surface area (Å²) in [5, 5.41) is 6.57. The van der Waals surface area contributed by atoms with E-state index in [0.717, 1.165) is 36.6 Å². The molecular weight excluding hydrogens is 473 g/mol. The maximum atomic E-state index is 11.7. The fourth-order valence-corrected chi connectivity index (χ4v) is 3.67. The molecule has 2 rings (SSSR count). The lowest BCUT2D eigenvalue weighted by Crippen LogP contribution is -2.38. The summed E-state index contributed by atoms with van der Waals surface area (Å²) >= 11 is 0. The van der Waals surface area contributed by atoms with Crippen LogP contribution in [0.2, 0.25) is 0 Å². The lowest BCUT2D eigenvalue weighted by molar-refractivity contribution is 0.601. The molecule has 0 amide bonds. The summed E-state index contributed by atoms with van der Waals surface area (Å²) in [4.78, 5) is 4.97. The molecule has 0 aliphatic carbocycles. The number of nitrogens with one attached hydrogen (secondary N) is 2. The summed E-state index contributed by atoms with van der Waals surface area (Å²) in [6.07, 6.45) is 2.15. The molecule has 2 aromatic rings. The average Bonchev–Trinajstić information content (AvgIpc) is 2.59. The monoisotopic (exact) mass is 501 g/mol. The molecule has 7 heteroatoms. The number of nitrogens with zero attached hydrogens (tertiary/aromatic N) is 1. The normalized spacial score (nSPS) is 11.6. The van der Waals surface area contributed by atoms with Gasteiger partial charge in [0.2, 0.25) is 0 Å². The van der Waals surface area contributed by atoms with Gasteiger partial charge in [-0.15, -0.1) is 24.0 Å². The topological polar surface area (TPSA) is 70.6 Å². The maximum absolute atomic E-state index is 11.7. The van der Waals surface area contributed by atoms with Crippen LogP contribution in [0.25, 0.3) is 0 Å². The molecule has 0 bridgehead atoms. The third-order valence-electron chi connectivity index (χ3n) is 3.95. The van der Waals surface area contributed by atoms with Gasteiger partial charge in [0.1, 0.15) is 0 Å². The van der Waals surface area contributed by atoms with Crippen LogP contribution in [-0.4, -0.2) is 33.7 Å². The Labute approximate surface area is 179 Å². The van der Waals surface area contributed by atoms with E-state index in [2.05, 4.69) is 27.8 Å². The van der Waals surface area contributed by atoms with Crippen LogP contribution in [0.15, 0.2) is 58.4 Å². The number of benzene rings is 2. The molecule has 0 fully saturated rings. The minimum absolute atomic E-state index is 0. The van der Waals surface area contributed by atoms with Crippen LogP contribution < -0.4 is 10.6 Å². The van der Waals surface area contributed by atoms with Gasteiger partial charge in [0.15, 0.2) is 15.8 Å². The lowest BCUT2D eigenvalue weighted by Gasteiger charge is -2.12. The fourth-order valence-electron chi connectivity index (χ4n) is 2.71. The van der Waals surface area contributed by atoms with Crippen molar-refractivity contribution in [2.24, 2.45) is 4.99 Å². The van der Waals surface area contributed by atoms with Gasteiger partial charge in [0.05, 0.1) is 11.4 Å². The standard InChI is InChI=1S/C20H27N3O2S.HI/c1-4-21-20(22-13-12-17-8-6-5-7-9-17)23-15-18-10-11-19(16(2)14-18)26(3,24)25;/h5-11,14H,4,12-13,15H2,1-3H3,(H2,21,22,23);1H. The van der Waals surface area contributed by atoms with E-state index in [1.807, 2.05) is 44.2 Å². The van der Waals surface area contributed by atoms with E-state index in [1.54, 1.807) is 6.07 Å². The quantitative estimate of drug-likeness (QED) is 0.347. The molecule has 0 spiro atoms. The van der Waals surface area contributed by atoms with Crippen molar-refractivity contribution in [2.75, 3.05) is 19.3 Å². The summed E-state index contributed by atoms with van der Waals surface area (Å²) in [6.45, 7) is 5.91. The third kappa shape index (κ3) is 7.88. The van der Waals surface area contributed by atoms with Crippen molar-refractivity contribution < 1.29 is 8.42 Å². The van der Waals surface area contributed by atoms with E-state index in [4.69, 9.17) is 0 Å². The van der Waals surface area contributed by atoms with Crippen LogP contribution in [-0.2, 0) is 22.8 Å². The van der Waals surface area contributed by atoms with E-state index >= 15 is 0 Å². The number of halogens is 1. The zero-order valence-electron chi connectivity index (χ0n) is 16.0. The molecule has 0 saturated carbocycles. The molecule has 27 heavy (non-hydrogen) atoms. The van der Waals surface area contributed by atoms with Crippen LogP contribution in [0.1, 0.15) is 23.6 Å². The summed E-state index contributed by atoms with van der Waals surface area (Å²) in [5.41, 5.74) is 3.01. The van der Waals surface area contributed by atoms with Crippen molar-refractivity contribution in [3.05, 3.63) is 65.2 Å². The van der Waals surface area contributed by atoms with Crippen molar-refractivity contribution in [2.45, 2.75) is 31.7 Å². The Morgan fingerprint density at radius 2 is 1.74 bits per heavy atom. The van der Waals surface area contributed by atoms with Gasteiger partial charge < -0.3 is 10.6 Å². The van der Waals surface area contributed by atoms with E-state index in [0.29, 0.717) is 11.4 Å². The van der Waals surface area contributed by atoms with E-state index in [1.165, 1.54) is 11.8 Å². The second-order valence-electron chi connectivity index (χ2n) is 6.23. The van der Waals surface area contributed by atoms with Crippen LogP contribution in [0, 0.1) is 6.92 Å².